The van der Waals surface area contributed by atoms with Crippen molar-refractivity contribution in [1.29, 1.82) is 0 Å². The van der Waals surface area contributed by atoms with Crippen molar-refractivity contribution in [3.63, 3.8) is 0 Å². The monoisotopic (exact) mass is 251 g/mol. The first-order valence-electron chi connectivity index (χ1n) is 5.88. The van der Waals surface area contributed by atoms with Gasteiger partial charge in [-0.15, -0.1) is 0 Å². The normalized spacial score (nSPS) is 26.8. The van der Waals surface area contributed by atoms with Crippen LogP contribution in [0.3, 0.4) is 0 Å². The fourth-order valence-electron chi connectivity index (χ4n) is 1.85. The molecule has 0 aromatic carbocycles. The summed E-state index contributed by atoms with van der Waals surface area (Å²) in [6, 6.07) is 0.0687. The molecule has 0 bridgehead atoms. The van der Waals surface area contributed by atoms with Crippen molar-refractivity contribution in [2.75, 3.05) is 26.4 Å². The molecule has 0 spiro atoms. The molecule has 1 fully saturated rings. The molecule has 1 heterocycles. The first-order valence-corrected chi connectivity index (χ1v) is 7.49. The third-order valence-electron chi connectivity index (χ3n) is 2.76. The lowest BCUT2D eigenvalue weighted by Gasteiger charge is -2.19. The van der Waals surface area contributed by atoms with Gasteiger partial charge in [0.25, 0.3) is 0 Å². The Morgan fingerprint density at radius 2 is 1.94 bits per heavy atom. The van der Waals surface area contributed by atoms with Crippen LogP contribution in [0.25, 0.3) is 0 Å². The Labute approximate surface area is 97.3 Å². The van der Waals surface area contributed by atoms with Gasteiger partial charge in [-0.2, -0.15) is 0 Å². The van der Waals surface area contributed by atoms with Crippen molar-refractivity contribution < 1.29 is 18.7 Å². The van der Waals surface area contributed by atoms with E-state index in [0.29, 0.717) is 19.8 Å². The Morgan fingerprint density at radius 1 is 1.38 bits per heavy atom. The SMILES string of the molecule is CCOP(=O)(OCC)C1CN1[C@H](CC)CO. The van der Waals surface area contributed by atoms with E-state index < -0.39 is 7.60 Å². The molecule has 1 rings (SSSR count). The van der Waals surface area contributed by atoms with E-state index in [9.17, 15) is 4.57 Å². The van der Waals surface area contributed by atoms with Gasteiger partial charge in [0.1, 0.15) is 5.78 Å². The molecule has 96 valence electrons. The van der Waals surface area contributed by atoms with Crippen molar-refractivity contribution in [3.8, 4) is 0 Å². The second-order valence-electron chi connectivity index (χ2n) is 3.80. The van der Waals surface area contributed by atoms with E-state index in [1.54, 1.807) is 0 Å². The van der Waals surface area contributed by atoms with E-state index >= 15 is 0 Å². The zero-order chi connectivity index (χ0) is 12.2. The highest BCUT2D eigenvalue weighted by Gasteiger charge is 2.53. The molecule has 1 saturated heterocycles. The van der Waals surface area contributed by atoms with Gasteiger partial charge in [0.2, 0.25) is 0 Å². The summed E-state index contributed by atoms with van der Waals surface area (Å²) in [6.45, 7) is 7.17. The molecule has 0 aliphatic carbocycles. The first-order chi connectivity index (χ1) is 7.62. The van der Waals surface area contributed by atoms with Crippen LogP contribution < -0.4 is 0 Å². The molecule has 5 nitrogen and oxygen atoms in total. The molecule has 2 unspecified atom stereocenters. The maximum atomic E-state index is 12.4. The summed E-state index contributed by atoms with van der Waals surface area (Å²) >= 11 is 0. The van der Waals surface area contributed by atoms with Gasteiger partial charge in [0.05, 0.1) is 19.8 Å². The van der Waals surface area contributed by atoms with Gasteiger partial charge in [-0.05, 0) is 20.3 Å². The molecule has 1 N–H and O–H groups in total. The summed E-state index contributed by atoms with van der Waals surface area (Å²) in [6.07, 6.45) is 0.839. The number of rotatable bonds is 8. The highest BCUT2D eigenvalue weighted by Crippen LogP contribution is 2.60. The third-order valence-corrected chi connectivity index (χ3v) is 5.18. The Bertz CT molecular complexity index is 247. The maximum Gasteiger partial charge on any atom is 0.348 e. The van der Waals surface area contributed by atoms with Gasteiger partial charge in [-0.25, -0.2) is 0 Å². The summed E-state index contributed by atoms with van der Waals surface area (Å²) < 4.78 is 22.9. The molecule has 3 atom stereocenters. The maximum absolute atomic E-state index is 12.4. The summed E-state index contributed by atoms with van der Waals surface area (Å²) in [5, 5.41) is 9.17. The smallest absolute Gasteiger partial charge is 0.348 e. The Balaban J connectivity index is 2.60. The average Bonchev–Trinajstić information content (AvgIpc) is 3.01. The molecule has 0 aromatic heterocycles. The summed E-state index contributed by atoms with van der Waals surface area (Å²) in [4.78, 5) is 1.99. The topological polar surface area (TPSA) is 58.8 Å². The summed E-state index contributed by atoms with van der Waals surface area (Å²) in [5.41, 5.74) is 0. The average molecular weight is 251 g/mol. The summed E-state index contributed by atoms with van der Waals surface area (Å²) in [5.74, 6) is -0.163. The zero-order valence-corrected chi connectivity index (χ0v) is 11.2. The number of aliphatic hydroxyl groups is 1. The molecule has 1 aliphatic heterocycles. The van der Waals surface area contributed by atoms with Gasteiger partial charge in [-0.1, -0.05) is 6.92 Å². The minimum absolute atomic E-state index is 0.0687. The number of aliphatic hydroxyl groups excluding tert-OH is 1. The first kappa shape index (κ1) is 14.1. The highest BCUT2D eigenvalue weighted by atomic mass is 31.2. The van der Waals surface area contributed by atoms with Crippen LogP contribution in [-0.2, 0) is 13.6 Å². The summed E-state index contributed by atoms with van der Waals surface area (Å²) in [7, 11) is -3.00. The van der Waals surface area contributed by atoms with Crippen LogP contribution in [0.15, 0.2) is 0 Å². The Morgan fingerprint density at radius 3 is 2.31 bits per heavy atom. The fraction of sp³-hybridized carbons (Fsp3) is 1.00. The second kappa shape index (κ2) is 6.12. The molecule has 1 aliphatic rings. The standard InChI is InChI=1S/C10H22NO4P/c1-4-9(8-12)11-7-10(11)16(13,14-5-2)15-6-3/h9-10,12H,4-8H2,1-3H3/t9-,10?,11?/m1/s1. The largest absolute Gasteiger partial charge is 0.395 e. The van der Waals surface area contributed by atoms with Gasteiger partial charge in [0, 0.05) is 12.6 Å². The number of hydrogen-bond donors (Lipinski definition) is 1. The molecule has 0 amide bonds. The van der Waals surface area contributed by atoms with Crippen LogP contribution in [0.2, 0.25) is 0 Å². The van der Waals surface area contributed by atoms with Gasteiger partial charge in [-0.3, -0.25) is 9.46 Å². The molecular formula is C10H22NO4P. The number of hydrogen-bond acceptors (Lipinski definition) is 5. The second-order valence-corrected chi connectivity index (χ2v) is 5.99. The van der Waals surface area contributed by atoms with E-state index in [-0.39, 0.29) is 18.4 Å². The van der Waals surface area contributed by atoms with Crippen LogP contribution in [0.5, 0.6) is 0 Å². The van der Waals surface area contributed by atoms with Crippen molar-refractivity contribution in [2.45, 2.75) is 39.0 Å². The van der Waals surface area contributed by atoms with E-state index in [1.165, 1.54) is 0 Å². The Kier molecular flexibility index (Phi) is 5.41. The zero-order valence-electron chi connectivity index (χ0n) is 10.3. The van der Waals surface area contributed by atoms with Gasteiger partial charge < -0.3 is 14.2 Å². The van der Waals surface area contributed by atoms with Crippen LogP contribution >= 0.6 is 7.60 Å². The van der Waals surface area contributed by atoms with E-state index in [4.69, 9.17) is 14.2 Å². The van der Waals surface area contributed by atoms with Crippen molar-refractivity contribution >= 4 is 7.60 Å². The molecular weight excluding hydrogens is 229 g/mol. The van der Waals surface area contributed by atoms with Crippen molar-refractivity contribution in [2.24, 2.45) is 0 Å². The van der Waals surface area contributed by atoms with Crippen LogP contribution in [0.4, 0.5) is 0 Å². The van der Waals surface area contributed by atoms with Crippen molar-refractivity contribution in [1.82, 2.24) is 4.90 Å². The highest BCUT2D eigenvalue weighted by molar-refractivity contribution is 7.55. The minimum Gasteiger partial charge on any atom is -0.395 e. The van der Waals surface area contributed by atoms with Crippen LogP contribution in [0, 0.1) is 0 Å². The third kappa shape index (κ3) is 3.05. The lowest BCUT2D eigenvalue weighted by molar-refractivity contribution is 0.185. The minimum atomic E-state index is -3.00. The van der Waals surface area contributed by atoms with Crippen LogP contribution in [-0.4, -0.2) is 48.2 Å². The fourth-order valence-corrected chi connectivity index (χ4v) is 3.93. The predicted octanol–water partition coefficient (Wildman–Crippen LogP) is 1.67. The predicted molar refractivity (Wildman–Crippen MR) is 62.5 cm³/mol. The van der Waals surface area contributed by atoms with E-state index in [0.717, 1.165) is 6.42 Å². The molecule has 0 radical (unpaired) electrons. The number of nitrogens with zero attached hydrogens (tertiary/aromatic N) is 1. The van der Waals surface area contributed by atoms with Crippen LogP contribution in [0.1, 0.15) is 27.2 Å². The van der Waals surface area contributed by atoms with E-state index in [2.05, 4.69) is 0 Å². The van der Waals surface area contributed by atoms with Crippen molar-refractivity contribution in [3.05, 3.63) is 0 Å². The Hall–Kier alpha value is 0.0700. The van der Waals surface area contributed by atoms with E-state index in [1.807, 2.05) is 25.7 Å². The lowest BCUT2D eigenvalue weighted by atomic mass is 10.2. The van der Waals surface area contributed by atoms with Gasteiger partial charge in [0.15, 0.2) is 0 Å². The lowest BCUT2D eigenvalue weighted by Crippen LogP contribution is -2.24. The molecule has 0 saturated carbocycles. The molecule has 16 heavy (non-hydrogen) atoms. The molecule has 0 aromatic rings. The van der Waals surface area contributed by atoms with Gasteiger partial charge >= 0.3 is 7.60 Å². The molecule has 6 heteroatoms. The quantitative estimate of drug-likeness (QED) is 0.525.